The molecule has 0 saturated heterocycles. The normalized spacial score (nSPS) is 11.1. The summed E-state index contributed by atoms with van der Waals surface area (Å²) in [5.41, 5.74) is 0.692. The van der Waals surface area contributed by atoms with Crippen LogP contribution in [-0.4, -0.2) is 19.7 Å². The molecular weight excluding hydrogens is 223 g/mol. The number of nitrogens with zero attached hydrogens (tertiary/aromatic N) is 4. The van der Waals surface area contributed by atoms with Crippen LogP contribution in [0.2, 0.25) is 10.4 Å². The minimum Gasteiger partial charge on any atom is -0.246 e. The predicted molar refractivity (Wildman–Crippen MR) is 55.6 cm³/mol. The number of hydrogen-bond donors (Lipinski definition) is 0. The van der Waals surface area contributed by atoms with Crippen molar-refractivity contribution in [2.45, 2.75) is 19.9 Å². The molecule has 14 heavy (non-hydrogen) atoms. The van der Waals surface area contributed by atoms with Crippen LogP contribution in [0.4, 0.5) is 0 Å². The Morgan fingerprint density at radius 3 is 2.93 bits per heavy atom. The molecule has 0 amide bonds. The summed E-state index contributed by atoms with van der Waals surface area (Å²) in [7, 11) is 0. The fourth-order valence-corrected chi connectivity index (χ4v) is 1.62. The molecule has 0 aliphatic rings. The molecule has 6 heteroatoms. The molecule has 74 valence electrons. The number of aromatic nitrogens is 4. The molecule has 0 radical (unpaired) electrons. The van der Waals surface area contributed by atoms with Gasteiger partial charge >= 0.3 is 0 Å². The van der Waals surface area contributed by atoms with Gasteiger partial charge in [-0.15, -0.1) is 0 Å². The third-order valence-corrected chi connectivity index (χ3v) is 2.31. The summed E-state index contributed by atoms with van der Waals surface area (Å²) in [5.74, 6) is 0. The summed E-state index contributed by atoms with van der Waals surface area (Å²) in [6.45, 7) is 2.83. The van der Waals surface area contributed by atoms with Crippen molar-refractivity contribution in [1.29, 1.82) is 0 Å². The van der Waals surface area contributed by atoms with Crippen LogP contribution in [0.1, 0.15) is 13.3 Å². The molecule has 0 fully saturated rings. The first-order valence-electron chi connectivity index (χ1n) is 4.27. The Morgan fingerprint density at radius 2 is 2.21 bits per heavy atom. The quantitative estimate of drug-likeness (QED) is 0.746. The Morgan fingerprint density at radius 1 is 1.43 bits per heavy atom. The third kappa shape index (κ3) is 1.55. The topological polar surface area (TPSA) is 43.6 Å². The predicted octanol–water partition coefficient (Wildman–Crippen LogP) is 2.54. The third-order valence-electron chi connectivity index (χ3n) is 1.85. The second kappa shape index (κ2) is 3.71. The zero-order valence-corrected chi connectivity index (χ0v) is 9.05. The molecular formula is C8H8Cl2N4. The van der Waals surface area contributed by atoms with Crippen molar-refractivity contribution >= 4 is 34.2 Å². The van der Waals surface area contributed by atoms with E-state index in [-0.39, 0.29) is 5.28 Å². The molecule has 2 aromatic rings. The summed E-state index contributed by atoms with van der Waals surface area (Å²) in [5, 5.41) is 5.52. The SMILES string of the molecule is CCCn1nc(Cl)c2cnc(Cl)nc21. The van der Waals surface area contributed by atoms with Crippen molar-refractivity contribution in [3.05, 3.63) is 16.6 Å². The Kier molecular flexibility index (Phi) is 2.56. The van der Waals surface area contributed by atoms with E-state index in [0.717, 1.165) is 18.4 Å². The summed E-state index contributed by atoms with van der Waals surface area (Å²) in [6, 6.07) is 0. The maximum Gasteiger partial charge on any atom is 0.224 e. The Balaban J connectivity index is 2.66. The van der Waals surface area contributed by atoms with E-state index in [2.05, 4.69) is 22.0 Å². The molecule has 4 nitrogen and oxygen atoms in total. The van der Waals surface area contributed by atoms with Crippen LogP contribution in [0.15, 0.2) is 6.20 Å². The number of rotatable bonds is 2. The van der Waals surface area contributed by atoms with Crippen molar-refractivity contribution in [2.75, 3.05) is 0 Å². The lowest BCUT2D eigenvalue weighted by Crippen LogP contribution is -2.00. The van der Waals surface area contributed by atoms with Crippen LogP contribution in [0.25, 0.3) is 11.0 Å². The first-order chi connectivity index (χ1) is 6.72. The van der Waals surface area contributed by atoms with Crippen molar-refractivity contribution in [3.8, 4) is 0 Å². The summed E-state index contributed by atoms with van der Waals surface area (Å²) >= 11 is 11.6. The van der Waals surface area contributed by atoms with Gasteiger partial charge in [-0.05, 0) is 18.0 Å². The van der Waals surface area contributed by atoms with Gasteiger partial charge in [-0.25, -0.2) is 9.67 Å². The van der Waals surface area contributed by atoms with E-state index in [1.807, 2.05) is 0 Å². The van der Waals surface area contributed by atoms with Gasteiger partial charge in [-0.1, -0.05) is 18.5 Å². The largest absolute Gasteiger partial charge is 0.246 e. The molecule has 2 rings (SSSR count). The highest BCUT2D eigenvalue weighted by Gasteiger charge is 2.10. The number of fused-ring (bicyclic) bond motifs is 1. The molecule has 2 heterocycles. The van der Waals surface area contributed by atoms with Gasteiger partial charge in [-0.3, -0.25) is 0 Å². The second-order valence-electron chi connectivity index (χ2n) is 2.89. The maximum atomic E-state index is 5.91. The second-order valence-corrected chi connectivity index (χ2v) is 3.59. The van der Waals surface area contributed by atoms with Crippen LogP contribution >= 0.6 is 23.2 Å². The molecule has 0 spiro atoms. The summed E-state index contributed by atoms with van der Waals surface area (Å²) in [6.07, 6.45) is 2.56. The van der Waals surface area contributed by atoms with Gasteiger partial charge in [0.15, 0.2) is 10.8 Å². The highest BCUT2D eigenvalue weighted by Crippen LogP contribution is 2.21. The minimum atomic E-state index is 0.214. The van der Waals surface area contributed by atoms with Crippen molar-refractivity contribution in [1.82, 2.24) is 19.7 Å². The van der Waals surface area contributed by atoms with Crippen LogP contribution in [0.3, 0.4) is 0 Å². The minimum absolute atomic E-state index is 0.214. The van der Waals surface area contributed by atoms with Gasteiger partial charge < -0.3 is 0 Å². The van der Waals surface area contributed by atoms with Crippen molar-refractivity contribution in [3.63, 3.8) is 0 Å². The van der Waals surface area contributed by atoms with Gasteiger partial charge in [0.2, 0.25) is 5.28 Å². The van der Waals surface area contributed by atoms with Gasteiger partial charge in [0.25, 0.3) is 0 Å². The molecule has 0 unspecified atom stereocenters. The zero-order valence-electron chi connectivity index (χ0n) is 7.54. The average Bonchev–Trinajstić information content (AvgIpc) is 2.44. The van der Waals surface area contributed by atoms with Crippen molar-refractivity contribution < 1.29 is 0 Å². The first-order valence-corrected chi connectivity index (χ1v) is 5.02. The van der Waals surface area contributed by atoms with E-state index in [1.54, 1.807) is 10.9 Å². The zero-order chi connectivity index (χ0) is 10.1. The van der Waals surface area contributed by atoms with E-state index in [4.69, 9.17) is 23.2 Å². The molecule has 0 saturated carbocycles. The molecule has 0 aliphatic heterocycles. The van der Waals surface area contributed by atoms with Gasteiger partial charge in [0.05, 0.1) is 5.39 Å². The molecule has 0 aromatic carbocycles. The monoisotopic (exact) mass is 230 g/mol. The van der Waals surface area contributed by atoms with Crippen LogP contribution in [0, 0.1) is 0 Å². The summed E-state index contributed by atoms with van der Waals surface area (Å²) in [4.78, 5) is 7.94. The Hall–Kier alpha value is -0.870. The smallest absolute Gasteiger partial charge is 0.224 e. The fourth-order valence-electron chi connectivity index (χ4n) is 1.27. The number of halogens is 2. The average molecular weight is 231 g/mol. The molecule has 0 bridgehead atoms. The fraction of sp³-hybridized carbons (Fsp3) is 0.375. The van der Waals surface area contributed by atoms with E-state index >= 15 is 0 Å². The van der Waals surface area contributed by atoms with Crippen LogP contribution in [0.5, 0.6) is 0 Å². The van der Waals surface area contributed by atoms with Gasteiger partial charge in [0, 0.05) is 12.7 Å². The number of aryl methyl sites for hydroxylation is 1. The molecule has 2 aromatic heterocycles. The Labute approximate surface area is 90.9 Å². The van der Waals surface area contributed by atoms with E-state index < -0.39 is 0 Å². The van der Waals surface area contributed by atoms with Gasteiger partial charge in [-0.2, -0.15) is 10.1 Å². The Bertz CT molecular complexity index is 466. The number of hydrogen-bond acceptors (Lipinski definition) is 3. The van der Waals surface area contributed by atoms with Crippen LogP contribution < -0.4 is 0 Å². The maximum absolute atomic E-state index is 5.91. The molecule has 0 atom stereocenters. The van der Waals surface area contributed by atoms with E-state index in [0.29, 0.717) is 10.8 Å². The summed E-state index contributed by atoms with van der Waals surface area (Å²) < 4.78 is 1.74. The van der Waals surface area contributed by atoms with Gasteiger partial charge in [0.1, 0.15) is 0 Å². The van der Waals surface area contributed by atoms with E-state index in [9.17, 15) is 0 Å². The highest BCUT2D eigenvalue weighted by atomic mass is 35.5. The highest BCUT2D eigenvalue weighted by molar-refractivity contribution is 6.34. The standard InChI is InChI=1S/C8H8Cl2N4/c1-2-3-14-7-5(6(9)13-14)4-11-8(10)12-7/h4H,2-3H2,1H3. The lowest BCUT2D eigenvalue weighted by molar-refractivity contribution is 0.617. The van der Waals surface area contributed by atoms with Crippen LogP contribution in [-0.2, 0) is 6.54 Å². The first kappa shape index (κ1) is 9.68. The van der Waals surface area contributed by atoms with Crippen molar-refractivity contribution in [2.24, 2.45) is 0 Å². The molecule has 0 aliphatic carbocycles. The molecule has 0 N–H and O–H groups in total. The lowest BCUT2D eigenvalue weighted by Gasteiger charge is -1.98. The lowest BCUT2D eigenvalue weighted by atomic mass is 10.4. The van der Waals surface area contributed by atoms with E-state index in [1.165, 1.54) is 0 Å².